The Morgan fingerprint density at radius 1 is 1.09 bits per heavy atom. The molecule has 0 aliphatic rings. The van der Waals surface area contributed by atoms with E-state index in [1.807, 2.05) is 6.07 Å². The number of aromatic nitrogens is 2. The lowest BCUT2D eigenvalue weighted by Crippen LogP contribution is -2.14. The van der Waals surface area contributed by atoms with E-state index in [2.05, 4.69) is 5.10 Å². The normalized spacial score (nSPS) is 10.4. The van der Waals surface area contributed by atoms with Crippen molar-refractivity contribution in [3.8, 4) is 17.5 Å². The molecule has 0 bridgehead atoms. The summed E-state index contributed by atoms with van der Waals surface area (Å²) in [7, 11) is 0. The number of hydrogen-bond donors (Lipinski definition) is 1. The van der Waals surface area contributed by atoms with Gasteiger partial charge in [0.25, 0.3) is 0 Å². The Hall–Kier alpha value is -3.35. The van der Waals surface area contributed by atoms with Gasteiger partial charge in [0.2, 0.25) is 5.91 Å². The van der Waals surface area contributed by atoms with Gasteiger partial charge in [-0.1, -0.05) is 23.3 Å². The van der Waals surface area contributed by atoms with Gasteiger partial charge < -0.3 is 14.9 Å². The molecule has 0 unspecified atom stereocenters. The Morgan fingerprint density at radius 3 is 2.41 bits per heavy atom. The Morgan fingerprint density at radius 2 is 1.77 bits per heavy atom. The van der Waals surface area contributed by atoms with Crippen molar-refractivity contribution in [3.05, 3.63) is 70.7 Å². The van der Waals surface area contributed by atoms with Gasteiger partial charge in [-0.2, -0.15) is 4.68 Å². The van der Waals surface area contributed by atoms with Crippen molar-refractivity contribution in [3.63, 3.8) is 0 Å². The molecule has 2 aromatic carbocycles. The van der Waals surface area contributed by atoms with E-state index < -0.39 is 11.7 Å². The molecule has 0 radical (unpaired) electrons. The van der Waals surface area contributed by atoms with E-state index in [-0.39, 0.29) is 6.08 Å². The third-order valence-electron chi connectivity index (χ3n) is 2.87. The molecule has 1 aromatic heterocycles. The lowest BCUT2D eigenvalue weighted by Gasteiger charge is -2.00. The smallest absolute Gasteiger partial charge is 0.410 e. The minimum absolute atomic E-state index is 0.171. The van der Waals surface area contributed by atoms with Crippen LogP contribution in [0.25, 0.3) is 5.69 Å². The fraction of sp³-hybridized carbons (Fsp3) is 0. The minimum atomic E-state index is -0.697. The van der Waals surface area contributed by atoms with Crippen molar-refractivity contribution in [2.45, 2.75) is 0 Å². The molecule has 7 heteroatoms. The lowest BCUT2D eigenvalue weighted by atomic mass is 10.2. The molecule has 0 atom stereocenters. The van der Waals surface area contributed by atoms with Gasteiger partial charge in [0.1, 0.15) is 5.75 Å². The van der Waals surface area contributed by atoms with Crippen molar-refractivity contribution in [1.29, 1.82) is 0 Å². The van der Waals surface area contributed by atoms with E-state index >= 15 is 0 Å². The lowest BCUT2D eigenvalue weighted by molar-refractivity contribution is 0.100. The number of benzene rings is 2. The number of ether oxygens (including phenoxy) is 1. The van der Waals surface area contributed by atoms with Gasteiger partial charge in [0.05, 0.1) is 5.69 Å². The van der Waals surface area contributed by atoms with Crippen LogP contribution in [0.2, 0.25) is 0 Å². The minimum Gasteiger partial charge on any atom is -0.410 e. The van der Waals surface area contributed by atoms with Gasteiger partial charge in [-0.3, -0.25) is 4.79 Å². The molecule has 0 saturated heterocycles. The second-order valence-electron chi connectivity index (χ2n) is 4.37. The summed E-state index contributed by atoms with van der Waals surface area (Å²) in [5.41, 5.74) is 5.93. The van der Waals surface area contributed by atoms with Crippen molar-refractivity contribution in [1.82, 2.24) is 9.78 Å². The third-order valence-corrected chi connectivity index (χ3v) is 2.87. The highest BCUT2D eigenvalue weighted by Crippen LogP contribution is 2.18. The standard InChI is InChI=1S/C15H11N3O4/c16-13(19)10-6-8-11(9-7-10)18-15(20)22-14(17-18)21-12-4-2-1-3-5-12/h1-9H,(H2,16,19). The van der Waals surface area contributed by atoms with Crippen LogP contribution in [0.5, 0.6) is 11.8 Å². The van der Waals surface area contributed by atoms with Crippen LogP contribution in [0.15, 0.2) is 63.8 Å². The van der Waals surface area contributed by atoms with E-state index in [0.717, 1.165) is 4.68 Å². The van der Waals surface area contributed by atoms with Gasteiger partial charge in [0, 0.05) is 5.56 Å². The molecule has 0 saturated carbocycles. The Labute approximate surface area is 124 Å². The molecular formula is C15H11N3O4. The van der Waals surface area contributed by atoms with Gasteiger partial charge in [-0.15, -0.1) is 0 Å². The van der Waals surface area contributed by atoms with Crippen LogP contribution in [-0.2, 0) is 0 Å². The molecule has 0 aliphatic carbocycles. The number of rotatable bonds is 4. The van der Waals surface area contributed by atoms with Crippen LogP contribution in [0.4, 0.5) is 0 Å². The molecule has 0 aliphatic heterocycles. The maximum absolute atomic E-state index is 11.8. The Kier molecular flexibility index (Phi) is 3.45. The predicted octanol–water partition coefficient (Wildman–Crippen LogP) is 1.72. The van der Waals surface area contributed by atoms with Gasteiger partial charge in [0.15, 0.2) is 0 Å². The fourth-order valence-electron chi connectivity index (χ4n) is 1.82. The van der Waals surface area contributed by atoms with Crippen molar-refractivity contribution in [2.75, 3.05) is 0 Å². The molecule has 0 spiro atoms. The van der Waals surface area contributed by atoms with E-state index in [9.17, 15) is 9.59 Å². The van der Waals surface area contributed by atoms with Crippen LogP contribution in [0, 0.1) is 0 Å². The molecule has 3 rings (SSSR count). The van der Waals surface area contributed by atoms with Crippen LogP contribution < -0.4 is 16.2 Å². The first kappa shape index (κ1) is 13.6. The molecule has 7 nitrogen and oxygen atoms in total. The largest absolute Gasteiger partial charge is 0.444 e. The zero-order valence-corrected chi connectivity index (χ0v) is 11.3. The number of amides is 1. The van der Waals surface area contributed by atoms with E-state index in [1.54, 1.807) is 24.3 Å². The second-order valence-corrected chi connectivity index (χ2v) is 4.37. The highest BCUT2D eigenvalue weighted by Gasteiger charge is 2.12. The molecule has 2 N–H and O–H groups in total. The number of carbonyl (C=O) groups excluding carboxylic acids is 1. The number of primary amides is 1. The van der Waals surface area contributed by atoms with Crippen LogP contribution in [-0.4, -0.2) is 15.7 Å². The van der Waals surface area contributed by atoms with Crippen LogP contribution >= 0.6 is 0 Å². The van der Waals surface area contributed by atoms with E-state index in [0.29, 0.717) is 17.0 Å². The highest BCUT2D eigenvalue weighted by molar-refractivity contribution is 5.92. The summed E-state index contributed by atoms with van der Waals surface area (Å²) in [5, 5.41) is 3.95. The Balaban J connectivity index is 1.89. The fourth-order valence-corrected chi connectivity index (χ4v) is 1.82. The molecular weight excluding hydrogens is 286 g/mol. The summed E-state index contributed by atoms with van der Waals surface area (Å²) in [5.74, 6) is -0.745. The first-order valence-corrected chi connectivity index (χ1v) is 6.37. The van der Waals surface area contributed by atoms with Gasteiger partial charge in [-0.05, 0) is 36.4 Å². The first-order valence-electron chi connectivity index (χ1n) is 6.37. The SMILES string of the molecule is NC(=O)c1ccc(-n2nc(Oc3ccccc3)oc2=O)cc1. The first-order chi connectivity index (χ1) is 10.6. The number of carbonyl (C=O) groups is 1. The van der Waals surface area contributed by atoms with E-state index in [4.69, 9.17) is 14.9 Å². The molecule has 3 aromatic rings. The van der Waals surface area contributed by atoms with Crippen LogP contribution in [0.1, 0.15) is 10.4 Å². The molecule has 110 valence electrons. The maximum atomic E-state index is 11.8. The van der Waals surface area contributed by atoms with Gasteiger partial charge in [-0.25, -0.2) is 4.79 Å². The van der Waals surface area contributed by atoms with Crippen LogP contribution in [0.3, 0.4) is 0 Å². The summed E-state index contributed by atoms with van der Waals surface area (Å²) in [4.78, 5) is 22.8. The average Bonchev–Trinajstić information content (AvgIpc) is 2.89. The quantitative estimate of drug-likeness (QED) is 0.790. The van der Waals surface area contributed by atoms with Gasteiger partial charge >= 0.3 is 11.8 Å². The average molecular weight is 297 g/mol. The topological polar surface area (TPSA) is 100 Å². The summed E-state index contributed by atoms with van der Waals surface area (Å²) in [6.45, 7) is 0. The summed E-state index contributed by atoms with van der Waals surface area (Å²) in [6.07, 6.45) is -0.171. The molecule has 0 fully saturated rings. The highest BCUT2D eigenvalue weighted by atomic mass is 16.6. The van der Waals surface area contributed by atoms with Crippen molar-refractivity contribution >= 4 is 5.91 Å². The summed E-state index contributed by atoms with van der Waals surface area (Å²) >= 11 is 0. The number of nitrogens with two attached hydrogens (primary N) is 1. The van der Waals surface area contributed by atoms with Crippen molar-refractivity contribution < 1.29 is 13.9 Å². The Bertz CT molecular complexity index is 850. The molecule has 1 amide bonds. The zero-order valence-electron chi connectivity index (χ0n) is 11.3. The van der Waals surface area contributed by atoms with E-state index in [1.165, 1.54) is 24.3 Å². The van der Waals surface area contributed by atoms with Crippen molar-refractivity contribution in [2.24, 2.45) is 5.73 Å². The predicted molar refractivity (Wildman–Crippen MR) is 77.1 cm³/mol. The monoisotopic (exact) mass is 297 g/mol. The number of para-hydroxylation sites is 1. The number of hydrogen-bond acceptors (Lipinski definition) is 5. The third kappa shape index (κ3) is 2.73. The molecule has 22 heavy (non-hydrogen) atoms. The number of nitrogens with zero attached hydrogens (tertiary/aromatic N) is 2. The summed E-state index contributed by atoms with van der Waals surface area (Å²) < 4.78 is 11.3. The molecule has 1 heterocycles. The summed E-state index contributed by atoms with van der Waals surface area (Å²) in [6, 6.07) is 14.9. The maximum Gasteiger partial charge on any atom is 0.444 e. The zero-order chi connectivity index (χ0) is 15.5. The second kappa shape index (κ2) is 5.57.